The average Bonchev–Trinajstić information content (AvgIpc) is 2.26. The number of carbonyl (C=O) groups is 2. The van der Waals surface area contributed by atoms with Gasteiger partial charge in [0, 0.05) is 6.54 Å². The fourth-order valence-corrected chi connectivity index (χ4v) is 1.23. The minimum Gasteiger partial charge on any atom is -0.361 e. The van der Waals surface area contributed by atoms with Crippen molar-refractivity contribution in [2.24, 2.45) is 5.73 Å². The molecule has 0 saturated carbocycles. The van der Waals surface area contributed by atoms with E-state index in [-0.39, 0.29) is 5.92 Å². The molecule has 0 saturated heterocycles. The van der Waals surface area contributed by atoms with Crippen LogP contribution in [0.2, 0.25) is 0 Å². The Bertz CT molecular complexity index is 349. The normalized spacial score (nSPS) is 11.8. The Kier molecular flexibility index (Phi) is 3.85. The lowest BCUT2D eigenvalue weighted by Crippen LogP contribution is -2.37. The van der Waals surface area contributed by atoms with Crippen molar-refractivity contribution in [3.63, 3.8) is 0 Å². The number of carbonyl (C=O) groups excluding carboxylic acids is 2. The Labute approximate surface area is 88.5 Å². The average molecular weight is 206 g/mol. The summed E-state index contributed by atoms with van der Waals surface area (Å²) in [5, 5.41) is 2.47. The first-order chi connectivity index (χ1) is 7.11. The van der Waals surface area contributed by atoms with Crippen LogP contribution in [0.5, 0.6) is 0 Å². The highest BCUT2D eigenvalue weighted by Gasteiger charge is 2.10. The monoisotopic (exact) mass is 206 g/mol. The van der Waals surface area contributed by atoms with Gasteiger partial charge in [-0.25, -0.2) is 0 Å². The number of hydrogen-bond acceptors (Lipinski definition) is 2. The molecule has 2 amide bonds. The molecule has 0 aliphatic carbocycles. The van der Waals surface area contributed by atoms with E-state index in [9.17, 15) is 9.59 Å². The molecule has 80 valence electrons. The molecule has 1 rings (SSSR count). The molecule has 0 aliphatic rings. The second-order valence-corrected chi connectivity index (χ2v) is 3.39. The Balaban J connectivity index is 2.47. The molecule has 0 fully saturated rings. The van der Waals surface area contributed by atoms with Gasteiger partial charge in [0.1, 0.15) is 0 Å². The van der Waals surface area contributed by atoms with Gasteiger partial charge >= 0.3 is 11.8 Å². The first-order valence-corrected chi connectivity index (χ1v) is 4.74. The van der Waals surface area contributed by atoms with Gasteiger partial charge in [0.15, 0.2) is 0 Å². The second kappa shape index (κ2) is 5.14. The van der Waals surface area contributed by atoms with Gasteiger partial charge in [-0.1, -0.05) is 37.3 Å². The maximum Gasteiger partial charge on any atom is 0.309 e. The second-order valence-electron chi connectivity index (χ2n) is 3.39. The zero-order valence-corrected chi connectivity index (χ0v) is 8.57. The molecule has 4 nitrogen and oxygen atoms in total. The topological polar surface area (TPSA) is 72.2 Å². The van der Waals surface area contributed by atoms with Crippen molar-refractivity contribution in [3.8, 4) is 0 Å². The van der Waals surface area contributed by atoms with E-state index in [0.29, 0.717) is 6.54 Å². The van der Waals surface area contributed by atoms with Crippen molar-refractivity contribution in [1.82, 2.24) is 5.32 Å². The molecule has 15 heavy (non-hydrogen) atoms. The van der Waals surface area contributed by atoms with Crippen molar-refractivity contribution < 1.29 is 9.59 Å². The lowest BCUT2D eigenvalue weighted by atomic mass is 10.0. The standard InChI is InChI=1S/C11H14N2O2/c1-8(7-13-11(15)10(12)14)9-5-3-2-4-6-9/h2-6,8H,7H2,1H3,(H2,12,14)(H,13,15)/t8-/m0/s1. The summed E-state index contributed by atoms with van der Waals surface area (Å²) in [6.45, 7) is 2.38. The van der Waals surface area contributed by atoms with Gasteiger partial charge in [-0.05, 0) is 11.5 Å². The predicted octanol–water partition coefficient (Wildman–Crippen LogP) is 0.392. The Morgan fingerprint density at radius 1 is 1.33 bits per heavy atom. The highest BCUT2D eigenvalue weighted by Crippen LogP contribution is 2.12. The number of nitrogens with one attached hydrogen (secondary N) is 1. The minimum atomic E-state index is -0.949. The molecule has 0 aliphatic heterocycles. The fourth-order valence-electron chi connectivity index (χ4n) is 1.23. The van der Waals surface area contributed by atoms with Crippen LogP contribution >= 0.6 is 0 Å². The van der Waals surface area contributed by atoms with Crippen LogP contribution in [0.25, 0.3) is 0 Å². The van der Waals surface area contributed by atoms with Gasteiger partial charge in [0.2, 0.25) is 0 Å². The molecule has 3 N–H and O–H groups in total. The SMILES string of the molecule is C[C@@H](CNC(=O)C(N)=O)c1ccccc1. The molecule has 1 aromatic carbocycles. The van der Waals surface area contributed by atoms with Crippen molar-refractivity contribution in [2.75, 3.05) is 6.54 Å². The van der Waals surface area contributed by atoms with Crippen LogP contribution in [-0.4, -0.2) is 18.4 Å². The highest BCUT2D eigenvalue weighted by molar-refractivity contribution is 6.34. The molecule has 4 heteroatoms. The summed E-state index contributed by atoms with van der Waals surface area (Å²) < 4.78 is 0. The summed E-state index contributed by atoms with van der Waals surface area (Å²) in [4.78, 5) is 21.4. The van der Waals surface area contributed by atoms with E-state index >= 15 is 0 Å². The summed E-state index contributed by atoms with van der Waals surface area (Å²) in [7, 11) is 0. The third kappa shape index (κ3) is 3.42. The van der Waals surface area contributed by atoms with Gasteiger partial charge in [-0.2, -0.15) is 0 Å². The third-order valence-electron chi connectivity index (χ3n) is 2.16. The van der Waals surface area contributed by atoms with Crippen molar-refractivity contribution in [3.05, 3.63) is 35.9 Å². The lowest BCUT2D eigenvalue weighted by molar-refractivity contribution is -0.137. The molecule has 0 unspecified atom stereocenters. The van der Waals surface area contributed by atoms with E-state index in [0.717, 1.165) is 5.56 Å². The predicted molar refractivity (Wildman–Crippen MR) is 57.1 cm³/mol. The Morgan fingerprint density at radius 2 is 1.93 bits per heavy atom. The molecule has 0 bridgehead atoms. The summed E-state index contributed by atoms with van der Waals surface area (Å²) in [5.74, 6) is -1.53. The maximum absolute atomic E-state index is 10.9. The van der Waals surface area contributed by atoms with E-state index in [1.165, 1.54) is 0 Å². The first-order valence-electron chi connectivity index (χ1n) is 4.74. The first kappa shape index (κ1) is 11.2. The van der Waals surface area contributed by atoms with Crippen LogP contribution in [0, 0.1) is 0 Å². The van der Waals surface area contributed by atoms with Gasteiger partial charge < -0.3 is 11.1 Å². The van der Waals surface area contributed by atoms with Crippen LogP contribution in [0.15, 0.2) is 30.3 Å². The number of benzene rings is 1. The number of amides is 2. The van der Waals surface area contributed by atoms with Crippen LogP contribution in [-0.2, 0) is 9.59 Å². The number of rotatable bonds is 3. The van der Waals surface area contributed by atoms with Crippen molar-refractivity contribution in [1.29, 1.82) is 0 Å². The molecule has 0 aromatic heterocycles. The van der Waals surface area contributed by atoms with E-state index < -0.39 is 11.8 Å². The fraction of sp³-hybridized carbons (Fsp3) is 0.273. The quantitative estimate of drug-likeness (QED) is 0.702. The molecular formula is C11H14N2O2. The van der Waals surface area contributed by atoms with E-state index in [1.807, 2.05) is 37.3 Å². The van der Waals surface area contributed by atoms with Gasteiger partial charge in [-0.3, -0.25) is 9.59 Å². The summed E-state index contributed by atoms with van der Waals surface area (Å²) in [6, 6.07) is 9.74. The smallest absolute Gasteiger partial charge is 0.309 e. The molecule has 1 aromatic rings. The van der Waals surface area contributed by atoms with Gasteiger partial charge in [-0.15, -0.1) is 0 Å². The highest BCUT2D eigenvalue weighted by atomic mass is 16.2. The molecule has 0 heterocycles. The zero-order chi connectivity index (χ0) is 11.3. The molecule has 0 radical (unpaired) electrons. The number of nitrogens with two attached hydrogens (primary N) is 1. The van der Waals surface area contributed by atoms with Crippen LogP contribution in [0.1, 0.15) is 18.4 Å². The molecule has 1 atom stereocenters. The number of hydrogen-bond donors (Lipinski definition) is 2. The number of primary amides is 1. The molecular weight excluding hydrogens is 192 g/mol. The summed E-state index contributed by atoms with van der Waals surface area (Å²) >= 11 is 0. The summed E-state index contributed by atoms with van der Waals surface area (Å²) in [5.41, 5.74) is 5.92. The van der Waals surface area contributed by atoms with Crippen LogP contribution in [0.3, 0.4) is 0 Å². The zero-order valence-electron chi connectivity index (χ0n) is 8.57. The Morgan fingerprint density at radius 3 is 2.47 bits per heavy atom. The Hall–Kier alpha value is -1.84. The van der Waals surface area contributed by atoms with Gasteiger partial charge in [0.25, 0.3) is 0 Å². The summed E-state index contributed by atoms with van der Waals surface area (Å²) in [6.07, 6.45) is 0. The van der Waals surface area contributed by atoms with E-state index in [1.54, 1.807) is 0 Å². The molecule has 0 spiro atoms. The maximum atomic E-state index is 10.9. The van der Waals surface area contributed by atoms with Gasteiger partial charge in [0.05, 0.1) is 0 Å². The van der Waals surface area contributed by atoms with E-state index in [2.05, 4.69) is 5.32 Å². The van der Waals surface area contributed by atoms with Crippen molar-refractivity contribution in [2.45, 2.75) is 12.8 Å². The van der Waals surface area contributed by atoms with Crippen LogP contribution < -0.4 is 11.1 Å². The lowest BCUT2D eigenvalue weighted by Gasteiger charge is -2.11. The minimum absolute atomic E-state index is 0.162. The van der Waals surface area contributed by atoms with E-state index in [4.69, 9.17) is 5.73 Å². The van der Waals surface area contributed by atoms with Crippen LogP contribution in [0.4, 0.5) is 0 Å². The van der Waals surface area contributed by atoms with Crippen molar-refractivity contribution >= 4 is 11.8 Å². The largest absolute Gasteiger partial charge is 0.361 e. The third-order valence-corrected chi connectivity index (χ3v) is 2.16.